The zero-order valence-corrected chi connectivity index (χ0v) is 11.8. The summed E-state index contributed by atoms with van der Waals surface area (Å²) < 4.78 is 38.1. The van der Waals surface area contributed by atoms with E-state index in [0.717, 1.165) is 12.1 Å². The van der Waals surface area contributed by atoms with Crippen LogP contribution in [0.4, 0.5) is 13.2 Å². The summed E-state index contributed by atoms with van der Waals surface area (Å²) in [7, 11) is 0. The van der Waals surface area contributed by atoms with Crippen LogP contribution in [0.15, 0.2) is 36.4 Å². The summed E-state index contributed by atoms with van der Waals surface area (Å²) in [6, 6.07) is 8.33. The van der Waals surface area contributed by atoms with Gasteiger partial charge in [0.25, 0.3) is 0 Å². The maximum absolute atomic E-state index is 12.7. The number of hydrogen-bond acceptors (Lipinski definition) is 1. The van der Waals surface area contributed by atoms with Crippen LogP contribution < -0.4 is 0 Å². The SMILES string of the molecule is FC(F)(F)c1ccc2nc(-c3cccc(Cl)c3Cl)[nH]c2c1. The minimum absolute atomic E-state index is 0.288. The fourth-order valence-corrected chi connectivity index (χ4v) is 2.39. The van der Waals surface area contributed by atoms with E-state index in [0.29, 0.717) is 26.9 Å². The molecule has 0 bridgehead atoms. The molecular formula is C14H7Cl2F3N2. The van der Waals surface area contributed by atoms with Crippen LogP contribution in [0.3, 0.4) is 0 Å². The van der Waals surface area contributed by atoms with Crippen LogP contribution in [-0.4, -0.2) is 9.97 Å². The monoisotopic (exact) mass is 330 g/mol. The summed E-state index contributed by atoms with van der Waals surface area (Å²) in [6.07, 6.45) is -4.40. The van der Waals surface area contributed by atoms with Crippen molar-refractivity contribution in [2.45, 2.75) is 6.18 Å². The molecule has 1 aromatic heterocycles. The number of alkyl halides is 3. The Balaban J connectivity index is 2.15. The lowest BCUT2D eigenvalue weighted by molar-refractivity contribution is -0.137. The van der Waals surface area contributed by atoms with Crippen molar-refractivity contribution in [2.24, 2.45) is 0 Å². The second-order valence-corrected chi connectivity index (χ2v) is 5.20. The minimum Gasteiger partial charge on any atom is -0.338 e. The van der Waals surface area contributed by atoms with Crippen molar-refractivity contribution in [3.05, 3.63) is 52.0 Å². The van der Waals surface area contributed by atoms with Gasteiger partial charge in [-0.05, 0) is 30.3 Å². The molecule has 0 unspecified atom stereocenters. The third-order valence-corrected chi connectivity index (χ3v) is 3.83. The first-order chi connectivity index (χ1) is 9.86. The van der Waals surface area contributed by atoms with Crippen molar-refractivity contribution in [1.29, 1.82) is 0 Å². The summed E-state index contributed by atoms with van der Waals surface area (Å²) in [5.74, 6) is 0.372. The van der Waals surface area contributed by atoms with E-state index < -0.39 is 11.7 Å². The predicted octanol–water partition coefficient (Wildman–Crippen LogP) is 5.56. The Morgan fingerprint density at radius 2 is 1.81 bits per heavy atom. The summed E-state index contributed by atoms with van der Waals surface area (Å²) in [5.41, 5.74) is 0.515. The smallest absolute Gasteiger partial charge is 0.338 e. The number of aromatic nitrogens is 2. The average molecular weight is 331 g/mol. The van der Waals surface area contributed by atoms with Gasteiger partial charge in [-0.25, -0.2) is 4.98 Å². The largest absolute Gasteiger partial charge is 0.416 e. The van der Waals surface area contributed by atoms with E-state index in [1.54, 1.807) is 18.2 Å². The highest BCUT2D eigenvalue weighted by molar-refractivity contribution is 6.43. The molecule has 108 valence electrons. The Morgan fingerprint density at radius 3 is 2.52 bits per heavy atom. The van der Waals surface area contributed by atoms with E-state index in [4.69, 9.17) is 23.2 Å². The van der Waals surface area contributed by atoms with E-state index in [2.05, 4.69) is 9.97 Å². The van der Waals surface area contributed by atoms with E-state index in [9.17, 15) is 13.2 Å². The van der Waals surface area contributed by atoms with Gasteiger partial charge in [-0.15, -0.1) is 0 Å². The fourth-order valence-electron chi connectivity index (χ4n) is 2.00. The maximum Gasteiger partial charge on any atom is 0.416 e. The van der Waals surface area contributed by atoms with E-state index in [1.165, 1.54) is 6.07 Å². The van der Waals surface area contributed by atoms with Crippen molar-refractivity contribution in [2.75, 3.05) is 0 Å². The zero-order valence-electron chi connectivity index (χ0n) is 10.3. The zero-order chi connectivity index (χ0) is 15.2. The Labute approximate surface area is 127 Å². The highest BCUT2D eigenvalue weighted by Gasteiger charge is 2.30. The van der Waals surface area contributed by atoms with Gasteiger partial charge >= 0.3 is 6.18 Å². The van der Waals surface area contributed by atoms with Crippen LogP contribution in [0.5, 0.6) is 0 Å². The topological polar surface area (TPSA) is 28.7 Å². The minimum atomic E-state index is -4.40. The van der Waals surface area contributed by atoms with Crippen molar-refractivity contribution in [3.63, 3.8) is 0 Å². The van der Waals surface area contributed by atoms with Crippen LogP contribution in [0.2, 0.25) is 10.0 Å². The molecule has 1 N–H and O–H groups in total. The highest BCUT2D eigenvalue weighted by atomic mass is 35.5. The van der Waals surface area contributed by atoms with Gasteiger partial charge < -0.3 is 4.98 Å². The third-order valence-electron chi connectivity index (χ3n) is 3.02. The summed E-state index contributed by atoms with van der Waals surface area (Å²) >= 11 is 12.0. The molecule has 0 saturated carbocycles. The first-order valence-corrected chi connectivity index (χ1v) is 6.63. The van der Waals surface area contributed by atoms with Gasteiger partial charge in [0.2, 0.25) is 0 Å². The number of aromatic amines is 1. The lowest BCUT2D eigenvalue weighted by Gasteiger charge is -2.05. The van der Waals surface area contributed by atoms with Gasteiger partial charge in [-0.1, -0.05) is 29.3 Å². The number of H-pyrrole nitrogens is 1. The number of benzene rings is 2. The van der Waals surface area contributed by atoms with Gasteiger partial charge in [0.15, 0.2) is 0 Å². The molecule has 0 radical (unpaired) electrons. The average Bonchev–Trinajstić information content (AvgIpc) is 2.83. The highest BCUT2D eigenvalue weighted by Crippen LogP contribution is 2.34. The van der Waals surface area contributed by atoms with Crippen molar-refractivity contribution in [1.82, 2.24) is 9.97 Å². The Hall–Kier alpha value is -1.72. The van der Waals surface area contributed by atoms with E-state index in [-0.39, 0.29) is 5.52 Å². The molecule has 2 aromatic carbocycles. The van der Waals surface area contributed by atoms with Crippen molar-refractivity contribution in [3.8, 4) is 11.4 Å². The molecule has 0 aliphatic rings. The molecule has 0 atom stereocenters. The van der Waals surface area contributed by atoms with Crippen LogP contribution in [-0.2, 0) is 6.18 Å². The van der Waals surface area contributed by atoms with Crippen LogP contribution in [0.1, 0.15) is 5.56 Å². The second kappa shape index (κ2) is 4.93. The number of nitrogens with one attached hydrogen (secondary N) is 1. The molecule has 0 amide bonds. The molecule has 0 saturated heterocycles. The molecule has 2 nitrogen and oxygen atoms in total. The molecule has 1 heterocycles. The van der Waals surface area contributed by atoms with Crippen LogP contribution in [0.25, 0.3) is 22.4 Å². The Kier molecular flexibility index (Phi) is 3.34. The summed E-state index contributed by atoms with van der Waals surface area (Å²) in [6.45, 7) is 0. The molecule has 21 heavy (non-hydrogen) atoms. The number of imidazole rings is 1. The normalized spacial score (nSPS) is 12.0. The first-order valence-electron chi connectivity index (χ1n) is 5.87. The van der Waals surface area contributed by atoms with Gasteiger partial charge in [0, 0.05) is 5.56 Å². The first kappa shape index (κ1) is 14.2. The van der Waals surface area contributed by atoms with Crippen LogP contribution >= 0.6 is 23.2 Å². The van der Waals surface area contributed by atoms with Gasteiger partial charge in [0.05, 0.1) is 26.6 Å². The van der Waals surface area contributed by atoms with Gasteiger partial charge in [-0.3, -0.25) is 0 Å². The summed E-state index contributed by atoms with van der Waals surface area (Å²) in [4.78, 5) is 7.08. The van der Waals surface area contributed by atoms with E-state index >= 15 is 0 Å². The van der Waals surface area contributed by atoms with Crippen molar-refractivity contribution < 1.29 is 13.2 Å². The molecule has 0 spiro atoms. The number of hydrogen-bond donors (Lipinski definition) is 1. The molecule has 0 aliphatic carbocycles. The second-order valence-electron chi connectivity index (χ2n) is 4.42. The molecule has 7 heteroatoms. The fraction of sp³-hybridized carbons (Fsp3) is 0.0714. The predicted molar refractivity (Wildman–Crippen MR) is 76.6 cm³/mol. The number of halogens is 5. The molecule has 3 rings (SSSR count). The third kappa shape index (κ3) is 2.59. The molecule has 0 fully saturated rings. The number of nitrogens with zero attached hydrogens (tertiary/aromatic N) is 1. The Bertz CT molecular complexity index is 825. The quantitative estimate of drug-likeness (QED) is 0.622. The maximum atomic E-state index is 12.7. The van der Waals surface area contributed by atoms with Crippen LogP contribution in [0, 0.1) is 0 Å². The number of fused-ring (bicyclic) bond motifs is 1. The van der Waals surface area contributed by atoms with E-state index in [1.807, 2.05) is 0 Å². The Morgan fingerprint density at radius 1 is 1.05 bits per heavy atom. The standard InChI is InChI=1S/C14H7Cl2F3N2/c15-9-3-1-2-8(12(9)16)13-20-10-5-4-7(14(17,18)19)6-11(10)21-13/h1-6H,(H,20,21). The summed E-state index contributed by atoms with van der Waals surface area (Å²) in [5, 5.41) is 0.653. The number of rotatable bonds is 1. The molecular weight excluding hydrogens is 324 g/mol. The molecule has 0 aliphatic heterocycles. The van der Waals surface area contributed by atoms with Crippen molar-refractivity contribution >= 4 is 34.2 Å². The van der Waals surface area contributed by atoms with Gasteiger partial charge in [-0.2, -0.15) is 13.2 Å². The lowest BCUT2D eigenvalue weighted by atomic mass is 10.2. The lowest BCUT2D eigenvalue weighted by Crippen LogP contribution is -2.04. The molecule has 3 aromatic rings. The van der Waals surface area contributed by atoms with Gasteiger partial charge in [0.1, 0.15) is 5.82 Å².